The van der Waals surface area contributed by atoms with Gasteiger partial charge in [0.15, 0.2) is 0 Å². The van der Waals surface area contributed by atoms with Crippen LogP contribution in [0.2, 0.25) is 5.02 Å². The molecule has 5 heteroatoms. The maximum atomic E-state index is 13.4. The Hall–Kier alpha value is -1.73. The molecule has 1 amide bonds. The molecule has 1 fully saturated rings. The molecule has 0 aliphatic carbocycles. The average molecular weight is 253 g/mol. The molecule has 1 saturated heterocycles. The third-order valence-electron chi connectivity index (χ3n) is 2.72. The molecule has 1 unspecified atom stereocenters. The zero-order valence-electron chi connectivity index (χ0n) is 8.91. The normalized spacial score (nSPS) is 19.5. The second kappa shape index (κ2) is 4.27. The zero-order chi connectivity index (χ0) is 12.6. The van der Waals surface area contributed by atoms with E-state index in [9.17, 15) is 9.18 Å². The number of terminal acetylenes is 1. The third-order valence-corrected chi connectivity index (χ3v) is 3.01. The summed E-state index contributed by atoms with van der Waals surface area (Å²) in [6.45, 7) is 0.362. The number of amides is 1. The summed E-state index contributed by atoms with van der Waals surface area (Å²) in [6.07, 6.45) is 5.54. The molecule has 17 heavy (non-hydrogen) atoms. The highest BCUT2D eigenvalue weighted by Gasteiger charge is 2.30. The molecule has 0 saturated carbocycles. The molecule has 3 nitrogen and oxygen atoms in total. The topological polar surface area (TPSA) is 46.3 Å². The molecule has 1 aromatic rings. The summed E-state index contributed by atoms with van der Waals surface area (Å²) in [4.78, 5) is 13.1. The van der Waals surface area contributed by atoms with Crippen LogP contribution in [0.5, 0.6) is 0 Å². The lowest BCUT2D eigenvalue weighted by atomic mass is 10.1. The van der Waals surface area contributed by atoms with E-state index in [4.69, 9.17) is 23.8 Å². The second-order valence-electron chi connectivity index (χ2n) is 3.90. The fourth-order valence-electron chi connectivity index (χ4n) is 1.84. The van der Waals surface area contributed by atoms with Crippen molar-refractivity contribution in [2.24, 2.45) is 5.92 Å². The summed E-state index contributed by atoms with van der Waals surface area (Å²) in [7, 11) is 0. The van der Waals surface area contributed by atoms with Gasteiger partial charge in [0.1, 0.15) is 5.82 Å². The number of hydrogen-bond donors (Lipinski definition) is 1. The molecular formula is C12H10ClFN2O. The Morgan fingerprint density at radius 3 is 2.88 bits per heavy atom. The Labute approximate surface area is 103 Å². The number of nitrogens with zero attached hydrogens (tertiary/aromatic N) is 1. The second-order valence-corrected chi connectivity index (χ2v) is 4.30. The molecule has 2 N–H and O–H groups in total. The summed E-state index contributed by atoms with van der Waals surface area (Å²) < 4.78 is 13.4. The summed E-state index contributed by atoms with van der Waals surface area (Å²) in [5, 5.41) is -0.0635. The first kappa shape index (κ1) is 11.7. The smallest absolute Gasteiger partial charge is 0.228 e. The van der Waals surface area contributed by atoms with Crippen molar-refractivity contribution in [3.63, 3.8) is 0 Å². The zero-order valence-corrected chi connectivity index (χ0v) is 9.67. The van der Waals surface area contributed by atoms with Crippen molar-refractivity contribution in [1.29, 1.82) is 0 Å². The van der Waals surface area contributed by atoms with Gasteiger partial charge >= 0.3 is 0 Å². The maximum absolute atomic E-state index is 13.4. The number of nitrogen functional groups attached to an aromatic ring is 1. The van der Waals surface area contributed by atoms with Crippen molar-refractivity contribution < 1.29 is 9.18 Å². The van der Waals surface area contributed by atoms with Crippen molar-refractivity contribution in [3.8, 4) is 12.3 Å². The van der Waals surface area contributed by atoms with Crippen LogP contribution in [0.4, 0.5) is 15.8 Å². The molecular weight excluding hydrogens is 243 g/mol. The predicted molar refractivity (Wildman–Crippen MR) is 65.1 cm³/mol. The van der Waals surface area contributed by atoms with Crippen LogP contribution in [-0.2, 0) is 4.79 Å². The Balaban J connectivity index is 2.39. The van der Waals surface area contributed by atoms with Crippen LogP contribution in [0.1, 0.15) is 6.42 Å². The van der Waals surface area contributed by atoms with Gasteiger partial charge in [0.2, 0.25) is 5.91 Å². The van der Waals surface area contributed by atoms with Gasteiger partial charge in [0.25, 0.3) is 0 Å². The van der Waals surface area contributed by atoms with Crippen LogP contribution in [0, 0.1) is 24.1 Å². The largest absolute Gasteiger partial charge is 0.397 e. The highest BCUT2D eigenvalue weighted by molar-refractivity contribution is 6.31. The minimum atomic E-state index is -0.604. The van der Waals surface area contributed by atoms with Crippen molar-refractivity contribution in [3.05, 3.63) is 23.0 Å². The molecule has 88 valence electrons. The van der Waals surface area contributed by atoms with Gasteiger partial charge in [-0.25, -0.2) is 4.39 Å². The maximum Gasteiger partial charge on any atom is 0.228 e. The molecule has 0 spiro atoms. The van der Waals surface area contributed by atoms with Crippen molar-refractivity contribution in [1.82, 2.24) is 0 Å². The summed E-state index contributed by atoms with van der Waals surface area (Å²) in [6, 6.07) is 2.46. The SMILES string of the molecule is C#CC1CC(=O)N(c2cc(F)c(Cl)cc2N)C1. The first-order valence-electron chi connectivity index (χ1n) is 5.04. The number of carbonyl (C=O) groups is 1. The van der Waals surface area contributed by atoms with Gasteiger partial charge in [-0.15, -0.1) is 12.3 Å². The van der Waals surface area contributed by atoms with E-state index in [-0.39, 0.29) is 29.0 Å². The number of nitrogens with two attached hydrogens (primary N) is 1. The van der Waals surface area contributed by atoms with Gasteiger partial charge in [-0.3, -0.25) is 4.79 Å². The standard InChI is InChI=1S/C12H10ClFN2O/c1-2-7-3-12(17)16(6-7)11-5-9(14)8(13)4-10(11)15/h1,4-5,7H,3,6,15H2. The lowest BCUT2D eigenvalue weighted by Crippen LogP contribution is -2.25. The monoisotopic (exact) mass is 252 g/mol. The van der Waals surface area contributed by atoms with Gasteiger partial charge < -0.3 is 10.6 Å². The van der Waals surface area contributed by atoms with E-state index >= 15 is 0 Å². The van der Waals surface area contributed by atoms with Gasteiger partial charge in [-0.2, -0.15) is 0 Å². The van der Waals surface area contributed by atoms with E-state index in [0.29, 0.717) is 12.2 Å². The molecule has 1 heterocycles. The number of benzene rings is 1. The molecule has 1 atom stereocenters. The minimum Gasteiger partial charge on any atom is -0.397 e. The van der Waals surface area contributed by atoms with E-state index in [2.05, 4.69) is 5.92 Å². The summed E-state index contributed by atoms with van der Waals surface area (Å²) >= 11 is 5.59. The van der Waals surface area contributed by atoms with Gasteiger partial charge in [-0.1, -0.05) is 11.6 Å². The summed E-state index contributed by atoms with van der Waals surface area (Å²) in [5.41, 5.74) is 6.32. The van der Waals surface area contributed by atoms with E-state index < -0.39 is 5.82 Å². The van der Waals surface area contributed by atoms with E-state index in [1.54, 1.807) is 0 Å². The number of rotatable bonds is 1. The number of anilines is 2. The highest BCUT2D eigenvalue weighted by Crippen LogP contribution is 2.33. The van der Waals surface area contributed by atoms with Crippen LogP contribution in [0.25, 0.3) is 0 Å². The quantitative estimate of drug-likeness (QED) is 0.614. The lowest BCUT2D eigenvalue weighted by Gasteiger charge is -2.18. The third kappa shape index (κ3) is 2.06. The Morgan fingerprint density at radius 2 is 2.29 bits per heavy atom. The molecule has 2 rings (SSSR count). The summed E-state index contributed by atoms with van der Waals surface area (Å²) in [5.74, 6) is 1.61. The van der Waals surface area contributed by atoms with Crippen molar-refractivity contribution in [2.45, 2.75) is 6.42 Å². The molecule has 1 aliphatic heterocycles. The van der Waals surface area contributed by atoms with Crippen molar-refractivity contribution >= 4 is 28.9 Å². The lowest BCUT2D eigenvalue weighted by molar-refractivity contribution is -0.117. The van der Waals surface area contributed by atoms with Gasteiger partial charge in [0.05, 0.1) is 16.4 Å². The van der Waals surface area contributed by atoms with Crippen LogP contribution in [0.15, 0.2) is 12.1 Å². The average Bonchev–Trinajstić information content (AvgIpc) is 2.65. The number of carbonyl (C=O) groups excluding carboxylic acids is 1. The molecule has 0 aromatic heterocycles. The first-order valence-corrected chi connectivity index (χ1v) is 5.41. The van der Waals surface area contributed by atoms with Crippen LogP contribution < -0.4 is 10.6 Å². The first-order chi connectivity index (χ1) is 8.02. The van der Waals surface area contributed by atoms with Crippen LogP contribution >= 0.6 is 11.6 Å². The van der Waals surface area contributed by atoms with E-state index in [1.165, 1.54) is 11.0 Å². The Kier molecular flexibility index (Phi) is 2.95. The fraction of sp³-hybridized carbons (Fsp3) is 0.250. The molecule has 1 aromatic carbocycles. The van der Waals surface area contributed by atoms with E-state index in [0.717, 1.165) is 6.07 Å². The van der Waals surface area contributed by atoms with Gasteiger partial charge in [-0.05, 0) is 6.07 Å². The molecule has 1 aliphatic rings. The van der Waals surface area contributed by atoms with E-state index in [1.807, 2.05) is 0 Å². The predicted octanol–water partition coefficient (Wildman–Crippen LogP) is 2.05. The number of hydrogen-bond acceptors (Lipinski definition) is 2. The molecule has 0 radical (unpaired) electrons. The van der Waals surface area contributed by atoms with Crippen LogP contribution in [-0.4, -0.2) is 12.5 Å². The highest BCUT2D eigenvalue weighted by atomic mass is 35.5. The van der Waals surface area contributed by atoms with Crippen molar-refractivity contribution in [2.75, 3.05) is 17.2 Å². The Morgan fingerprint density at radius 1 is 1.59 bits per heavy atom. The Bertz CT molecular complexity index is 524. The minimum absolute atomic E-state index is 0.0635. The van der Waals surface area contributed by atoms with Gasteiger partial charge in [0, 0.05) is 24.9 Å². The fourth-order valence-corrected chi connectivity index (χ4v) is 2.01. The van der Waals surface area contributed by atoms with Crippen LogP contribution in [0.3, 0.4) is 0 Å². The molecule has 0 bridgehead atoms. The number of halogens is 2.